The first-order valence-electron chi connectivity index (χ1n) is 15.8. The summed E-state index contributed by atoms with van der Waals surface area (Å²) in [7, 11) is 0. The second kappa shape index (κ2) is 17.3. The van der Waals surface area contributed by atoms with Crippen molar-refractivity contribution in [3.63, 3.8) is 0 Å². The molecule has 1 aliphatic heterocycles. The first kappa shape index (κ1) is 35.2. The number of carbonyl (C=O) groups excluding carboxylic acids is 2. The number of alkyl halides is 1. The molecule has 0 saturated carbocycles. The maximum absolute atomic E-state index is 14.1. The summed E-state index contributed by atoms with van der Waals surface area (Å²) in [5.41, 5.74) is 6.66. The number of pyridine rings is 1. The molecule has 0 unspecified atom stereocenters. The van der Waals surface area contributed by atoms with E-state index in [0.29, 0.717) is 31.7 Å². The van der Waals surface area contributed by atoms with Gasteiger partial charge in [-0.1, -0.05) is 57.7 Å². The summed E-state index contributed by atoms with van der Waals surface area (Å²) in [5, 5.41) is 11.7. The van der Waals surface area contributed by atoms with Crippen LogP contribution in [-0.4, -0.2) is 41.2 Å². The second-order valence-corrected chi connectivity index (χ2v) is 11.3. The van der Waals surface area contributed by atoms with Gasteiger partial charge in [-0.3, -0.25) is 15.1 Å². The van der Waals surface area contributed by atoms with Crippen LogP contribution in [0.15, 0.2) is 66.9 Å². The molecule has 1 atom stereocenters. The van der Waals surface area contributed by atoms with E-state index in [1.165, 1.54) is 31.4 Å². The molecule has 0 amide bonds. The predicted molar refractivity (Wildman–Crippen MR) is 174 cm³/mol. The first-order valence-corrected chi connectivity index (χ1v) is 15.8. The molecule has 12 heteroatoms. The number of carbonyl (C=O) groups is 2. The molecule has 1 saturated heterocycles. The third-order valence-electron chi connectivity index (χ3n) is 7.55. The van der Waals surface area contributed by atoms with Gasteiger partial charge in [-0.25, -0.2) is 14.0 Å². The van der Waals surface area contributed by atoms with Crippen molar-refractivity contribution in [1.29, 1.82) is 0 Å². The Balaban J connectivity index is 1.35. The minimum atomic E-state index is -1.91. The Kier molecular flexibility index (Phi) is 12.9. The van der Waals surface area contributed by atoms with E-state index in [4.69, 9.17) is 24.7 Å². The lowest BCUT2D eigenvalue weighted by Gasteiger charge is -2.28. The van der Waals surface area contributed by atoms with Crippen molar-refractivity contribution in [2.45, 2.75) is 71.3 Å². The quantitative estimate of drug-likeness (QED) is 0.0330. The minimum Gasteiger partial charge on any atom is -0.423 e. The van der Waals surface area contributed by atoms with E-state index in [2.05, 4.69) is 24.1 Å². The highest BCUT2D eigenvalue weighted by Gasteiger charge is 2.28. The Bertz CT molecular complexity index is 1540. The Labute approximate surface area is 273 Å². The van der Waals surface area contributed by atoms with Crippen molar-refractivity contribution in [3.05, 3.63) is 88.1 Å². The van der Waals surface area contributed by atoms with E-state index in [-0.39, 0.29) is 23.8 Å². The number of unbranched alkanes of at least 4 members (excludes halogenated alkanes) is 4. The van der Waals surface area contributed by atoms with Crippen LogP contribution in [0.3, 0.4) is 0 Å². The Morgan fingerprint density at radius 1 is 1.06 bits per heavy atom. The third kappa shape index (κ3) is 9.90. The van der Waals surface area contributed by atoms with E-state index in [9.17, 15) is 24.1 Å². The Morgan fingerprint density at radius 2 is 1.79 bits per heavy atom. The van der Waals surface area contributed by atoms with Crippen molar-refractivity contribution in [1.82, 2.24) is 4.98 Å². The third-order valence-corrected chi connectivity index (χ3v) is 7.55. The lowest BCUT2D eigenvalue weighted by Crippen LogP contribution is -2.25. The molecule has 3 aromatic rings. The molecule has 0 bridgehead atoms. The number of nitro groups is 1. The van der Waals surface area contributed by atoms with Crippen LogP contribution in [0.1, 0.15) is 81.0 Å². The standard InChI is InChI=1S/C35H40FN3O8/c1-3-5-7-8-9-10-23-21-44-35(45-22-23)25-14-17-30(38-20-25)24-12-15-26(16-13-24)46-33(40)27-18-29(37)32(19-31(27)39(42)43)47-34(41)28(36)11-6-4-2/h9-10,12-20,23,28,35H,3-8,11,21-22,37H2,1-2H3/t23?,28-,35?/m1/s1. The van der Waals surface area contributed by atoms with Gasteiger partial charge >= 0.3 is 11.9 Å². The van der Waals surface area contributed by atoms with Crippen molar-refractivity contribution < 1.29 is 37.9 Å². The summed E-state index contributed by atoms with van der Waals surface area (Å²) in [6, 6.07) is 11.9. The van der Waals surface area contributed by atoms with Crippen LogP contribution < -0.4 is 15.2 Å². The highest BCUT2D eigenvalue weighted by molar-refractivity contribution is 5.97. The molecule has 47 heavy (non-hydrogen) atoms. The normalized spacial score (nSPS) is 16.9. The van der Waals surface area contributed by atoms with Crippen LogP contribution >= 0.6 is 0 Å². The lowest BCUT2D eigenvalue weighted by molar-refractivity contribution is -0.385. The number of allylic oxidation sites excluding steroid dienone is 1. The number of halogens is 1. The summed E-state index contributed by atoms with van der Waals surface area (Å²) in [6.07, 6.45) is 9.44. The number of nitrogens with two attached hydrogens (primary N) is 1. The number of benzene rings is 2. The molecule has 2 heterocycles. The average molecular weight is 650 g/mol. The molecule has 11 nitrogen and oxygen atoms in total. The van der Waals surface area contributed by atoms with Crippen LogP contribution in [0, 0.1) is 16.0 Å². The molecule has 1 aliphatic rings. The van der Waals surface area contributed by atoms with Gasteiger partial charge in [-0.05, 0) is 55.7 Å². The lowest BCUT2D eigenvalue weighted by atomic mass is 10.1. The summed E-state index contributed by atoms with van der Waals surface area (Å²) >= 11 is 0. The van der Waals surface area contributed by atoms with Crippen LogP contribution in [0.2, 0.25) is 0 Å². The summed E-state index contributed by atoms with van der Waals surface area (Å²) in [6.45, 7) is 5.17. The van der Waals surface area contributed by atoms with Gasteiger partial charge in [0.2, 0.25) is 0 Å². The van der Waals surface area contributed by atoms with Crippen molar-refractivity contribution in [2.75, 3.05) is 18.9 Å². The van der Waals surface area contributed by atoms with Crippen LogP contribution in [-0.2, 0) is 14.3 Å². The smallest absolute Gasteiger partial charge is 0.350 e. The summed E-state index contributed by atoms with van der Waals surface area (Å²) in [4.78, 5) is 40.4. The minimum absolute atomic E-state index is 0.0514. The largest absolute Gasteiger partial charge is 0.423 e. The number of nitrogen functional groups attached to an aromatic ring is 1. The van der Waals surface area contributed by atoms with E-state index >= 15 is 0 Å². The van der Waals surface area contributed by atoms with E-state index < -0.39 is 46.3 Å². The number of aromatic nitrogens is 1. The monoisotopic (exact) mass is 649 g/mol. The van der Waals surface area contributed by atoms with Gasteiger partial charge < -0.3 is 24.7 Å². The van der Waals surface area contributed by atoms with Gasteiger partial charge in [-0.2, -0.15) is 0 Å². The SMILES string of the molecule is CCCCCC=CC1COC(c2ccc(-c3ccc(OC(=O)c4cc(N)c(OC(=O)[C@H](F)CCCC)cc4[N+](=O)[O-])cc3)nc2)OC1. The van der Waals surface area contributed by atoms with E-state index in [1.54, 1.807) is 18.3 Å². The van der Waals surface area contributed by atoms with Gasteiger partial charge in [0.15, 0.2) is 18.2 Å². The topological polar surface area (TPSA) is 153 Å². The first-order chi connectivity index (χ1) is 22.7. The van der Waals surface area contributed by atoms with Gasteiger partial charge in [-0.15, -0.1) is 0 Å². The Morgan fingerprint density at radius 3 is 2.43 bits per heavy atom. The van der Waals surface area contributed by atoms with Gasteiger partial charge in [0.25, 0.3) is 5.69 Å². The van der Waals surface area contributed by atoms with Crippen LogP contribution in [0.25, 0.3) is 11.3 Å². The van der Waals surface area contributed by atoms with Crippen LogP contribution in [0.4, 0.5) is 15.8 Å². The molecule has 1 aromatic heterocycles. The number of anilines is 1. The summed E-state index contributed by atoms with van der Waals surface area (Å²) in [5.74, 6) is -2.34. The number of hydrogen-bond donors (Lipinski definition) is 1. The molecule has 2 aromatic carbocycles. The molecular formula is C35H40FN3O8. The van der Waals surface area contributed by atoms with E-state index in [1.807, 2.05) is 19.1 Å². The van der Waals surface area contributed by atoms with E-state index in [0.717, 1.165) is 29.7 Å². The number of nitrogens with zero attached hydrogens (tertiary/aromatic N) is 2. The second-order valence-electron chi connectivity index (χ2n) is 11.3. The fraction of sp³-hybridized carbons (Fsp3) is 0.400. The highest BCUT2D eigenvalue weighted by Crippen LogP contribution is 2.33. The number of esters is 2. The number of rotatable bonds is 15. The number of hydrogen-bond acceptors (Lipinski definition) is 10. The molecular weight excluding hydrogens is 609 g/mol. The van der Waals surface area contributed by atoms with Gasteiger partial charge in [0, 0.05) is 23.2 Å². The molecule has 2 N–H and O–H groups in total. The maximum atomic E-state index is 14.1. The number of ether oxygens (including phenoxy) is 4. The summed E-state index contributed by atoms with van der Waals surface area (Å²) < 4.78 is 36.2. The zero-order chi connectivity index (χ0) is 33.8. The Hall–Kier alpha value is -4.68. The van der Waals surface area contributed by atoms with Gasteiger partial charge in [0.1, 0.15) is 11.3 Å². The predicted octanol–water partition coefficient (Wildman–Crippen LogP) is 7.69. The molecule has 1 fully saturated rings. The molecule has 4 rings (SSSR count). The highest BCUT2D eigenvalue weighted by atomic mass is 19.1. The maximum Gasteiger partial charge on any atom is 0.350 e. The zero-order valence-corrected chi connectivity index (χ0v) is 26.6. The average Bonchev–Trinajstić information content (AvgIpc) is 3.08. The van der Waals surface area contributed by atoms with Crippen molar-refractivity contribution in [3.8, 4) is 22.8 Å². The molecule has 250 valence electrons. The number of nitro benzene ring substituents is 1. The van der Waals surface area contributed by atoms with Crippen LogP contribution in [0.5, 0.6) is 11.5 Å². The fourth-order valence-electron chi connectivity index (χ4n) is 4.86. The zero-order valence-electron chi connectivity index (χ0n) is 26.6. The molecule has 0 aliphatic carbocycles. The fourth-order valence-corrected chi connectivity index (χ4v) is 4.86. The van der Waals surface area contributed by atoms with Crippen molar-refractivity contribution >= 4 is 23.3 Å². The molecule has 0 radical (unpaired) electrons. The molecule has 0 spiro atoms. The van der Waals surface area contributed by atoms with Gasteiger partial charge in [0.05, 0.1) is 35.6 Å². The van der Waals surface area contributed by atoms with Crippen molar-refractivity contribution in [2.24, 2.45) is 5.92 Å².